The van der Waals surface area contributed by atoms with Gasteiger partial charge < -0.3 is 15.4 Å². The van der Waals surface area contributed by atoms with Gasteiger partial charge in [0.25, 0.3) is 0 Å². The Morgan fingerprint density at radius 3 is 2.30 bits per heavy atom. The number of nitrogens with one attached hydrogen (secondary N) is 2. The average Bonchev–Trinajstić information content (AvgIpc) is 2.50. The summed E-state index contributed by atoms with van der Waals surface area (Å²) in [5.41, 5.74) is 0.0998. The van der Waals surface area contributed by atoms with Crippen LogP contribution in [0, 0.1) is 5.92 Å². The minimum atomic E-state index is 0. The molecule has 1 unspecified atom stereocenters. The molecular weight excluding hydrogens is 403 g/mol. The smallest absolute Gasteiger partial charge is 0.191 e. The predicted molar refractivity (Wildman–Crippen MR) is 110 cm³/mol. The van der Waals surface area contributed by atoms with Gasteiger partial charge in [-0.1, -0.05) is 13.8 Å². The molecule has 1 heterocycles. The molecule has 0 aliphatic carbocycles. The Bertz CT molecular complexity index is 341. The normalized spacial score (nSPS) is 18.5. The van der Waals surface area contributed by atoms with Gasteiger partial charge in [-0.3, -0.25) is 9.89 Å². The number of hydrogen-bond donors (Lipinski definition) is 2. The van der Waals surface area contributed by atoms with E-state index in [-0.39, 0.29) is 29.5 Å². The molecule has 0 aromatic rings. The molecule has 1 aliphatic heterocycles. The summed E-state index contributed by atoms with van der Waals surface area (Å²) in [6, 6.07) is 0.445. The lowest BCUT2D eigenvalue weighted by Crippen LogP contribution is -2.57. The molecule has 0 spiro atoms. The predicted octanol–water partition coefficient (Wildman–Crippen LogP) is 2.70. The fraction of sp³-hybridized carbons (Fsp3) is 0.941. The maximum Gasteiger partial charge on any atom is 0.191 e. The number of aliphatic imine (C=N–C) groups is 1. The van der Waals surface area contributed by atoms with Gasteiger partial charge in [0.05, 0.1) is 13.2 Å². The van der Waals surface area contributed by atoms with E-state index < -0.39 is 0 Å². The van der Waals surface area contributed by atoms with Crippen molar-refractivity contribution in [1.29, 1.82) is 0 Å². The third-order valence-corrected chi connectivity index (χ3v) is 4.34. The lowest BCUT2D eigenvalue weighted by Gasteiger charge is -2.41. The van der Waals surface area contributed by atoms with E-state index in [1.807, 2.05) is 7.05 Å². The third-order valence-electron chi connectivity index (χ3n) is 4.34. The van der Waals surface area contributed by atoms with Crippen LogP contribution < -0.4 is 10.6 Å². The molecule has 6 heteroatoms. The van der Waals surface area contributed by atoms with Crippen LogP contribution in [0.3, 0.4) is 0 Å². The van der Waals surface area contributed by atoms with Gasteiger partial charge in [-0.15, -0.1) is 24.0 Å². The molecule has 1 aliphatic rings. The van der Waals surface area contributed by atoms with Crippen molar-refractivity contribution in [1.82, 2.24) is 15.5 Å². The zero-order valence-corrected chi connectivity index (χ0v) is 18.1. The minimum absolute atomic E-state index is 0. The van der Waals surface area contributed by atoms with Crippen LogP contribution in [0.15, 0.2) is 4.99 Å². The van der Waals surface area contributed by atoms with Crippen molar-refractivity contribution in [2.75, 3.05) is 39.9 Å². The fourth-order valence-electron chi connectivity index (χ4n) is 2.66. The van der Waals surface area contributed by atoms with Gasteiger partial charge in [-0.05, 0) is 39.5 Å². The standard InChI is InChI=1S/C17H36N4O.HI/c1-14(2)7-8-15(3)20-16(18-6)19-13-17(4,5)21-9-11-22-12-10-21;/h14-15H,7-13H2,1-6H3,(H2,18,19,20);1H. The Labute approximate surface area is 160 Å². The average molecular weight is 440 g/mol. The van der Waals surface area contributed by atoms with Gasteiger partial charge in [0.2, 0.25) is 0 Å². The summed E-state index contributed by atoms with van der Waals surface area (Å²) < 4.78 is 5.44. The van der Waals surface area contributed by atoms with E-state index in [9.17, 15) is 0 Å². The van der Waals surface area contributed by atoms with Gasteiger partial charge in [0.1, 0.15) is 0 Å². The van der Waals surface area contributed by atoms with Crippen LogP contribution in [0.25, 0.3) is 0 Å². The number of halogens is 1. The number of guanidine groups is 1. The molecule has 1 fully saturated rings. The second kappa shape index (κ2) is 11.5. The van der Waals surface area contributed by atoms with Crippen LogP contribution in [-0.2, 0) is 4.74 Å². The highest BCUT2D eigenvalue weighted by atomic mass is 127. The molecule has 0 radical (unpaired) electrons. The molecule has 0 aromatic carbocycles. The Hall–Kier alpha value is -0.0800. The second-order valence-corrected chi connectivity index (χ2v) is 7.35. The summed E-state index contributed by atoms with van der Waals surface area (Å²) >= 11 is 0. The van der Waals surface area contributed by atoms with E-state index in [1.165, 1.54) is 12.8 Å². The van der Waals surface area contributed by atoms with E-state index in [0.717, 1.165) is 44.7 Å². The van der Waals surface area contributed by atoms with Crippen molar-refractivity contribution >= 4 is 29.9 Å². The van der Waals surface area contributed by atoms with Crippen molar-refractivity contribution in [3.05, 3.63) is 0 Å². The van der Waals surface area contributed by atoms with E-state index in [1.54, 1.807) is 0 Å². The molecule has 5 nitrogen and oxygen atoms in total. The summed E-state index contributed by atoms with van der Waals surface area (Å²) in [7, 11) is 1.84. The summed E-state index contributed by atoms with van der Waals surface area (Å²) in [5.74, 6) is 1.65. The maximum atomic E-state index is 5.44. The van der Waals surface area contributed by atoms with Crippen LogP contribution in [0.5, 0.6) is 0 Å². The van der Waals surface area contributed by atoms with Crippen LogP contribution in [-0.4, -0.2) is 62.3 Å². The van der Waals surface area contributed by atoms with Gasteiger partial charge in [0, 0.05) is 38.3 Å². The minimum Gasteiger partial charge on any atom is -0.379 e. The van der Waals surface area contributed by atoms with Gasteiger partial charge >= 0.3 is 0 Å². The highest BCUT2D eigenvalue weighted by molar-refractivity contribution is 14.0. The molecular formula is C17H37IN4O. The molecule has 1 saturated heterocycles. The molecule has 2 N–H and O–H groups in total. The molecule has 138 valence electrons. The first-order valence-electron chi connectivity index (χ1n) is 8.65. The Kier molecular flexibility index (Phi) is 11.4. The summed E-state index contributed by atoms with van der Waals surface area (Å²) in [5, 5.41) is 6.98. The highest BCUT2D eigenvalue weighted by Crippen LogP contribution is 2.15. The Morgan fingerprint density at radius 2 is 1.78 bits per heavy atom. The van der Waals surface area contributed by atoms with Crippen LogP contribution in [0.1, 0.15) is 47.5 Å². The molecule has 23 heavy (non-hydrogen) atoms. The molecule has 1 atom stereocenters. The first kappa shape index (κ1) is 22.9. The van der Waals surface area contributed by atoms with Gasteiger partial charge in [-0.25, -0.2) is 0 Å². The first-order chi connectivity index (χ1) is 10.3. The fourth-order valence-corrected chi connectivity index (χ4v) is 2.66. The van der Waals surface area contributed by atoms with Crippen molar-refractivity contribution in [3.63, 3.8) is 0 Å². The van der Waals surface area contributed by atoms with E-state index >= 15 is 0 Å². The molecule has 0 bridgehead atoms. The van der Waals surface area contributed by atoms with E-state index in [0.29, 0.717) is 6.04 Å². The van der Waals surface area contributed by atoms with Crippen molar-refractivity contribution < 1.29 is 4.74 Å². The lowest BCUT2D eigenvalue weighted by atomic mass is 10.0. The Balaban J connectivity index is 0.00000484. The summed E-state index contributed by atoms with van der Waals surface area (Å²) in [4.78, 5) is 6.84. The number of nitrogens with zero attached hydrogens (tertiary/aromatic N) is 2. The maximum absolute atomic E-state index is 5.44. The van der Waals surface area contributed by atoms with Crippen LogP contribution in [0.2, 0.25) is 0 Å². The molecule has 0 saturated carbocycles. The number of hydrogen-bond acceptors (Lipinski definition) is 3. The zero-order valence-electron chi connectivity index (χ0n) is 15.8. The number of ether oxygens (including phenoxy) is 1. The molecule has 0 aromatic heterocycles. The van der Waals surface area contributed by atoms with Crippen molar-refractivity contribution in [2.45, 2.75) is 59.0 Å². The second-order valence-electron chi connectivity index (χ2n) is 7.35. The largest absolute Gasteiger partial charge is 0.379 e. The molecule has 1 rings (SSSR count). The van der Waals surface area contributed by atoms with Crippen LogP contribution >= 0.6 is 24.0 Å². The van der Waals surface area contributed by atoms with E-state index in [4.69, 9.17) is 4.74 Å². The zero-order chi connectivity index (χ0) is 16.6. The summed E-state index contributed by atoms with van der Waals surface area (Å²) in [6.45, 7) is 15.9. The van der Waals surface area contributed by atoms with Gasteiger partial charge in [-0.2, -0.15) is 0 Å². The first-order valence-corrected chi connectivity index (χ1v) is 8.65. The monoisotopic (exact) mass is 440 g/mol. The van der Waals surface area contributed by atoms with Crippen LogP contribution in [0.4, 0.5) is 0 Å². The quantitative estimate of drug-likeness (QED) is 0.363. The number of morpholine rings is 1. The summed E-state index contributed by atoms with van der Waals surface area (Å²) in [6.07, 6.45) is 2.41. The number of rotatable bonds is 7. The Morgan fingerprint density at radius 1 is 1.17 bits per heavy atom. The highest BCUT2D eigenvalue weighted by Gasteiger charge is 2.28. The van der Waals surface area contributed by atoms with Gasteiger partial charge in [0.15, 0.2) is 5.96 Å². The SMILES string of the molecule is CN=C(NCC(C)(C)N1CCOCC1)NC(C)CCC(C)C.I. The van der Waals surface area contributed by atoms with Crippen molar-refractivity contribution in [2.24, 2.45) is 10.9 Å². The topological polar surface area (TPSA) is 48.9 Å². The van der Waals surface area contributed by atoms with E-state index in [2.05, 4.69) is 55.1 Å². The van der Waals surface area contributed by atoms with Crippen molar-refractivity contribution in [3.8, 4) is 0 Å². The molecule has 0 amide bonds. The lowest BCUT2D eigenvalue weighted by molar-refractivity contribution is -0.00834. The third kappa shape index (κ3) is 9.10.